The first-order chi connectivity index (χ1) is 29.0. The van der Waals surface area contributed by atoms with Gasteiger partial charge in [0.1, 0.15) is 0 Å². The van der Waals surface area contributed by atoms with Gasteiger partial charge in [0.05, 0.1) is 22.1 Å². The first-order valence-corrected chi connectivity index (χ1v) is 20.2. The van der Waals surface area contributed by atoms with Crippen LogP contribution >= 0.6 is 0 Å². The van der Waals surface area contributed by atoms with Crippen LogP contribution in [0, 0.1) is 0 Å². The maximum Gasteiger partial charge on any atom is 0.238 e. The Balaban J connectivity index is 1.10. The average molecular weight is 756 g/mol. The van der Waals surface area contributed by atoms with E-state index in [0.717, 1.165) is 55.0 Å². The van der Waals surface area contributed by atoms with Crippen molar-refractivity contribution in [3.05, 3.63) is 199 Å². The SMILES string of the molecule is CC1(C)c2ccccc2-c2ccc(-c3nc(-c4ccc5c(c4)c4ccccc4n5-c4ccccc4)nc(-n4c5ccccc5c5cc(-c6ccccc6)ccc54)n3)cc21. The Morgan fingerprint density at radius 1 is 0.356 bits per heavy atom. The molecule has 0 aliphatic heterocycles. The largest absolute Gasteiger partial charge is 0.309 e. The second-order valence-electron chi connectivity index (χ2n) is 16.1. The molecule has 3 aromatic heterocycles. The Morgan fingerprint density at radius 2 is 0.864 bits per heavy atom. The first-order valence-electron chi connectivity index (χ1n) is 20.2. The molecule has 278 valence electrons. The second-order valence-corrected chi connectivity index (χ2v) is 16.1. The third kappa shape index (κ3) is 5.08. The molecule has 0 radical (unpaired) electrons. The normalized spacial score (nSPS) is 13.1. The average Bonchev–Trinajstić information content (AvgIpc) is 3.89. The lowest BCUT2D eigenvalue weighted by Crippen LogP contribution is -2.15. The molecule has 3 heterocycles. The topological polar surface area (TPSA) is 48.5 Å². The van der Waals surface area contributed by atoms with Crippen LogP contribution in [0.15, 0.2) is 188 Å². The fourth-order valence-electron chi connectivity index (χ4n) is 9.53. The molecule has 0 N–H and O–H groups in total. The van der Waals surface area contributed by atoms with Gasteiger partial charge >= 0.3 is 0 Å². The van der Waals surface area contributed by atoms with Crippen molar-refractivity contribution in [3.63, 3.8) is 0 Å². The maximum atomic E-state index is 5.37. The number of para-hydroxylation sites is 3. The molecule has 0 saturated heterocycles. The van der Waals surface area contributed by atoms with E-state index in [4.69, 9.17) is 15.0 Å². The van der Waals surface area contributed by atoms with Gasteiger partial charge in [0.15, 0.2) is 11.6 Å². The summed E-state index contributed by atoms with van der Waals surface area (Å²) in [5.41, 5.74) is 14.8. The molecule has 0 spiro atoms. The number of rotatable bonds is 5. The lowest BCUT2D eigenvalue weighted by Gasteiger charge is -2.21. The van der Waals surface area contributed by atoms with E-state index < -0.39 is 0 Å². The van der Waals surface area contributed by atoms with Gasteiger partial charge in [-0.1, -0.05) is 141 Å². The van der Waals surface area contributed by atoms with Gasteiger partial charge in [0.2, 0.25) is 5.95 Å². The van der Waals surface area contributed by atoms with Crippen molar-refractivity contribution in [2.75, 3.05) is 0 Å². The standard InChI is InChI=1S/C54H37N5/c1-54(2)45-22-12-9-19-39(45)40-28-25-37(33-46(40)54)52-55-51(36-27-30-49-44(32-36)41-20-10-13-23-47(41)58(49)38-17-7-4-8-18-38)56-53(57-52)59-48-24-14-11-21-42(48)43-31-35(26-29-50(43)59)34-15-5-3-6-16-34/h3-33H,1-2H3. The van der Waals surface area contributed by atoms with Gasteiger partial charge in [-0.15, -0.1) is 0 Å². The van der Waals surface area contributed by atoms with Gasteiger partial charge in [-0.25, -0.2) is 4.98 Å². The predicted molar refractivity (Wildman–Crippen MR) is 242 cm³/mol. The zero-order valence-corrected chi connectivity index (χ0v) is 32.6. The Bertz CT molecular complexity index is 3470. The van der Waals surface area contributed by atoms with E-state index in [1.807, 2.05) is 0 Å². The summed E-state index contributed by atoms with van der Waals surface area (Å²) in [5.74, 6) is 1.84. The summed E-state index contributed by atoms with van der Waals surface area (Å²) in [5, 5.41) is 4.63. The third-order valence-corrected chi connectivity index (χ3v) is 12.4. The van der Waals surface area contributed by atoms with Gasteiger partial charge in [0.25, 0.3) is 0 Å². The van der Waals surface area contributed by atoms with E-state index in [0.29, 0.717) is 17.6 Å². The van der Waals surface area contributed by atoms with Crippen molar-refractivity contribution < 1.29 is 0 Å². The van der Waals surface area contributed by atoms with Crippen LogP contribution in [0.3, 0.4) is 0 Å². The number of nitrogens with zero attached hydrogens (tertiary/aromatic N) is 5. The quantitative estimate of drug-likeness (QED) is 0.176. The lowest BCUT2D eigenvalue weighted by molar-refractivity contribution is 0.660. The van der Waals surface area contributed by atoms with Crippen molar-refractivity contribution >= 4 is 43.6 Å². The second kappa shape index (κ2) is 12.7. The fourth-order valence-corrected chi connectivity index (χ4v) is 9.53. The maximum absolute atomic E-state index is 5.37. The van der Waals surface area contributed by atoms with Crippen LogP contribution in [0.25, 0.3) is 100 Å². The summed E-state index contributed by atoms with van der Waals surface area (Å²) in [4.78, 5) is 16.1. The van der Waals surface area contributed by atoms with Crippen LogP contribution in [0.4, 0.5) is 0 Å². The first kappa shape index (κ1) is 33.5. The fraction of sp³-hybridized carbons (Fsp3) is 0.0556. The molecule has 1 aliphatic rings. The Morgan fingerprint density at radius 3 is 1.59 bits per heavy atom. The molecule has 0 amide bonds. The molecule has 8 aromatic carbocycles. The Hall–Kier alpha value is -7.63. The summed E-state index contributed by atoms with van der Waals surface area (Å²) in [6.45, 7) is 4.63. The molecule has 5 nitrogen and oxygen atoms in total. The van der Waals surface area contributed by atoms with Crippen LogP contribution in [-0.2, 0) is 5.41 Å². The molecule has 0 atom stereocenters. The van der Waals surface area contributed by atoms with Crippen molar-refractivity contribution in [1.82, 2.24) is 24.1 Å². The molecule has 0 fully saturated rings. The monoisotopic (exact) mass is 755 g/mol. The molecule has 11 aromatic rings. The highest BCUT2D eigenvalue weighted by Crippen LogP contribution is 2.49. The zero-order valence-electron chi connectivity index (χ0n) is 32.6. The highest BCUT2D eigenvalue weighted by atomic mass is 15.2. The van der Waals surface area contributed by atoms with E-state index >= 15 is 0 Å². The van der Waals surface area contributed by atoms with Crippen LogP contribution in [-0.4, -0.2) is 24.1 Å². The predicted octanol–water partition coefficient (Wildman–Crippen LogP) is 13.4. The molecule has 12 rings (SSSR count). The van der Waals surface area contributed by atoms with Gasteiger partial charge in [0, 0.05) is 43.8 Å². The summed E-state index contributed by atoms with van der Waals surface area (Å²) >= 11 is 0. The van der Waals surface area contributed by atoms with Crippen molar-refractivity contribution in [2.24, 2.45) is 0 Å². The van der Waals surface area contributed by atoms with Crippen molar-refractivity contribution in [2.45, 2.75) is 19.3 Å². The third-order valence-electron chi connectivity index (χ3n) is 12.4. The van der Waals surface area contributed by atoms with Crippen LogP contribution < -0.4 is 0 Å². The van der Waals surface area contributed by atoms with Gasteiger partial charge in [-0.2, -0.15) is 9.97 Å². The molecule has 1 aliphatic carbocycles. The number of hydrogen-bond donors (Lipinski definition) is 0. The molecular formula is C54H37N5. The molecule has 0 unspecified atom stereocenters. The molecule has 0 bridgehead atoms. The summed E-state index contributed by atoms with van der Waals surface area (Å²) < 4.78 is 4.55. The summed E-state index contributed by atoms with van der Waals surface area (Å²) in [6.07, 6.45) is 0. The van der Waals surface area contributed by atoms with Crippen molar-refractivity contribution in [3.8, 4) is 56.7 Å². The van der Waals surface area contributed by atoms with Gasteiger partial charge < -0.3 is 4.57 Å². The van der Waals surface area contributed by atoms with Gasteiger partial charge in [-0.3, -0.25) is 4.57 Å². The number of hydrogen-bond acceptors (Lipinski definition) is 3. The number of fused-ring (bicyclic) bond motifs is 9. The minimum atomic E-state index is -0.165. The van der Waals surface area contributed by atoms with Gasteiger partial charge in [-0.05, 0) is 94.0 Å². The highest BCUT2D eigenvalue weighted by Gasteiger charge is 2.35. The van der Waals surface area contributed by atoms with Crippen LogP contribution in [0.1, 0.15) is 25.0 Å². The lowest BCUT2D eigenvalue weighted by atomic mass is 9.82. The van der Waals surface area contributed by atoms with E-state index in [1.54, 1.807) is 0 Å². The highest BCUT2D eigenvalue weighted by molar-refractivity contribution is 6.11. The van der Waals surface area contributed by atoms with Crippen LogP contribution in [0.5, 0.6) is 0 Å². The Labute approximate surface area is 341 Å². The smallest absolute Gasteiger partial charge is 0.238 e. The van der Waals surface area contributed by atoms with Crippen molar-refractivity contribution in [1.29, 1.82) is 0 Å². The number of aromatic nitrogens is 5. The minimum Gasteiger partial charge on any atom is -0.309 e. The summed E-state index contributed by atoms with van der Waals surface area (Å²) in [7, 11) is 0. The molecular weight excluding hydrogens is 719 g/mol. The van der Waals surface area contributed by atoms with E-state index in [-0.39, 0.29) is 5.41 Å². The molecule has 0 saturated carbocycles. The van der Waals surface area contributed by atoms with E-state index in [1.165, 1.54) is 38.8 Å². The van der Waals surface area contributed by atoms with Crippen LogP contribution in [0.2, 0.25) is 0 Å². The molecule has 5 heteroatoms. The number of benzene rings is 8. The zero-order chi connectivity index (χ0) is 39.2. The minimum absolute atomic E-state index is 0.165. The van der Waals surface area contributed by atoms with E-state index in [2.05, 4.69) is 211 Å². The summed E-state index contributed by atoms with van der Waals surface area (Å²) in [6, 6.07) is 67.1. The van der Waals surface area contributed by atoms with E-state index in [9.17, 15) is 0 Å². The molecule has 59 heavy (non-hydrogen) atoms. The Kier molecular flexibility index (Phi) is 7.20.